The van der Waals surface area contributed by atoms with Gasteiger partial charge in [-0.05, 0) is 49.7 Å². The minimum Gasteiger partial charge on any atom is -0.370 e. The summed E-state index contributed by atoms with van der Waals surface area (Å²) in [4.78, 5) is 4.20. The van der Waals surface area contributed by atoms with Crippen LogP contribution in [0.2, 0.25) is 0 Å². The molecule has 7 heteroatoms. The van der Waals surface area contributed by atoms with Crippen molar-refractivity contribution in [2.24, 2.45) is 0 Å². The molecule has 0 atom stereocenters. The van der Waals surface area contributed by atoms with Crippen molar-refractivity contribution in [1.29, 1.82) is 0 Å². The summed E-state index contributed by atoms with van der Waals surface area (Å²) in [6.07, 6.45) is 1.34. The summed E-state index contributed by atoms with van der Waals surface area (Å²) in [7, 11) is -3.64. The fourth-order valence-electron chi connectivity index (χ4n) is 1.83. The van der Waals surface area contributed by atoms with Gasteiger partial charge in [0.25, 0.3) is 10.0 Å². The van der Waals surface area contributed by atoms with Crippen LogP contribution >= 0.6 is 15.9 Å². The molecule has 0 bridgehead atoms. The van der Waals surface area contributed by atoms with E-state index < -0.39 is 10.0 Å². The van der Waals surface area contributed by atoms with Crippen LogP contribution in [0.25, 0.3) is 0 Å². The highest BCUT2D eigenvalue weighted by atomic mass is 79.9. The molecule has 0 saturated carbocycles. The number of sulfonamides is 1. The summed E-state index contributed by atoms with van der Waals surface area (Å²) in [5.74, 6) is 0.648. The summed E-state index contributed by atoms with van der Waals surface area (Å²) >= 11 is 3.35. The molecule has 0 radical (unpaired) electrons. The van der Waals surface area contributed by atoms with Crippen molar-refractivity contribution in [3.8, 4) is 0 Å². The highest BCUT2D eigenvalue weighted by Crippen LogP contribution is 2.22. The molecule has 0 fully saturated rings. The number of aromatic nitrogens is 1. The van der Waals surface area contributed by atoms with Crippen molar-refractivity contribution < 1.29 is 8.42 Å². The highest BCUT2D eigenvalue weighted by Gasteiger charge is 2.15. The van der Waals surface area contributed by atoms with E-state index in [1.54, 1.807) is 18.2 Å². The minimum atomic E-state index is -3.64. The Morgan fingerprint density at radius 1 is 1.24 bits per heavy atom. The quantitative estimate of drug-likeness (QED) is 0.847. The van der Waals surface area contributed by atoms with Crippen molar-refractivity contribution in [2.45, 2.75) is 18.7 Å². The maximum atomic E-state index is 12.3. The largest absolute Gasteiger partial charge is 0.370 e. The van der Waals surface area contributed by atoms with Gasteiger partial charge < -0.3 is 5.32 Å². The molecule has 0 saturated heterocycles. The summed E-state index contributed by atoms with van der Waals surface area (Å²) in [5.41, 5.74) is 1.47. The van der Waals surface area contributed by atoms with Gasteiger partial charge in [0.2, 0.25) is 0 Å². The second-order valence-electron chi connectivity index (χ2n) is 4.53. The Morgan fingerprint density at radius 3 is 2.57 bits per heavy atom. The van der Waals surface area contributed by atoms with E-state index in [1.807, 2.05) is 19.9 Å². The van der Waals surface area contributed by atoms with Crippen LogP contribution in [0.1, 0.15) is 12.5 Å². The first-order valence-corrected chi connectivity index (χ1v) is 8.68. The smallest absolute Gasteiger partial charge is 0.263 e. The van der Waals surface area contributed by atoms with Crippen LogP contribution in [0.3, 0.4) is 0 Å². The molecule has 0 amide bonds. The average molecular weight is 370 g/mol. The summed E-state index contributed by atoms with van der Waals surface area (Å²) in [6, 6.07) is 8.56. The number of aryl methyl sites for hydroxylation is 1. The number of hydrogen-bond donors (Lipinski definition) is 2. The van der Waals surface area contributed by atoms with E-state index in [0.29, 0.717) is 11.5 Å². The lowest BCUT2D eigenvalue weighted by molar-refractivity contribution is 0.601. The van der Waals surface area contributed by atoms with E-state index in [0.717, 1.165) is 16.6 Å². The molecule has 0 aliphatic heterocycles. The molecule has 5 nitrogen and oxygen atoms in total. The van der Waals surface area contributed by atoms with Crippen LogP contribution in [0.15, 0.2) is 45.9 Å². The van der Waals surface area contributed by atoms with Gasteiger partial charge in [0.05, 0.1) is 5.69 Å². The van der Waals surface area contributed by atoms with Crippen molar-refractivity contribution in [3.05, 3.63) is 46.6 Å². The van der Waals surface area contributed by atoms with E-state index in [4.69, 9.17) is 0 Å². The summed E-state index contributed by atoms with van der Waals surface area (Å²) in [6.45, 7) is 4.58. The Balaban J connectivity index is 2.25. The molecule has 2 N–H and O–H groups in total. The number of hydrogen-bond acceptors (Lipinski definition) is 4. The van der Waals surface area contributed by atoms with Crippen LogP contribution < -0.4 is 10.0 Å². The van der Waals surface area contributed by atoms with E-state index in [2.05, 4.69) is 31.0 Å². The number of nitrogens with one attached hydrogen (secondary N) is 2. The molecule has 21 heavy (non-hydrogen) atoms. The molecular formula is C14H16BrN3O2S. The van der Waals surface area contributed by atoms with E-state index in [1.165, 1.54) is 12.3 Å². The van der Waals surface area contributed by atoms with Gasteiger partial charge in [0.15, 0.2) is 0 Å². The van der Waals surface area contributed by atoms with Crippen LogP contribution in [-0.2, 0) is 10.0 Å². The molecule has 1 aromatic carbocycles. The van der Waals surface area contributed by atoms with Crippen molar-refractivity contribution in [2.75, 3.05) is 16.6 Å². The van der Waals surface area contributed by atoms with Gasteiger partial charge in [-0.3, -0.25) is 4.72 Å². The van der Waals surface area contributed by atoms with Crippen molar-refractivity contribution >= 4 is 37.5 Å². The van der Waals surface area contributed by atoms with Gasteiger partial charge in [-0.15, -0.1) is 0 Å². The number of halogens is 1. The molecule has 0 spiro atoms. The zero-order valence-corrected chi connectivity index (χ0v) is 14.1. The van der Waals surface area contributed by atoms with Crippen LogP contribution in [0, 0.1) is 6.92 Å². The second kappa shape index (κ2) is 6.44. The Hall–Kier alpha value is -1.60. The van der Waals surface area contributed by atoms with Crippen molar-refractivity contribution in [3.63, 3.8) is 0 Å². The second-order valence-corrected chi connectivity index (χ2v) is 7.13. The van der Waals surface area contributed by atoms with Gasteiger partial charge in [0, 0.05) is 17.2 Å². The van der Waals surface area contributed by atoms with Gasteiger partial charge in [-0.2, -0.15) is 0 Å². The molecule has 0 unspecified atom stereocenters. The average Bonchev–Trinajstić information content (AvgIpc) is 2.38. The van der Waals surface area contributed by atoms with E-state index in [-0.39, 0.29) is 4.90 Å². The molecular weight excluding hydrogens is 354 g/mol. The SMILES string of the molecule is CCNc1ccc(S(=O)(=O)Nc2cc(C)cc(Br)c2)cn1. The zero-order valence-electron chi connectivity index (χ0n) is 11.7. The molecule has 0 aliphatic rings. The predicted octanol–water partition coefficient (Wildman–Crippen LogP) is 3.39. The Labute approximate surface area is 133 Å². The maximum Gasteiger partial charge on any atom is 0.263 e. The number of anilines is 2. The predicted molar refractivity (Wildman–Crippen MR) is 88.1 cm³/mol. The van der Waals surface area contributed by atoms with Gasteiger partial charge in [-0.25, -0.2) is 13.4 Å². The first-order chi connectivity index (χ1) is 9.90. The molecule has 2 aromatic rings. The van der Waals surface area contributed by atoms with Gasteiger partial charge in [-0.1, -0.05) is 15.9 Å². The number of benzene rings is 1. The van der Waals surface area contributed by atoms with Crippen LogP contribution in [-0.4, -0.2) is 19.9 Å². The van der Waals surface area contributed by atoms with Crippen molar-refractivity contribution in [1.82, 2.24) is 4.98 Å². The number of rotatable bonds is 5. The lowest BCUT2D eigenvalue weighted by Gasteiger charge is -2.10. The van der Waals surface area contributed by atoms with E-state index in [9.17, 15) is 8.42 Å². The normalized spacial score (nSPS) is 11.2. The Bertz CT molecular complexity index is 710. The zero-order chi connectivity index (χ0) is 15.5. The lowest BCUT2D eigenvalue weighted by atomic mass is 10.2. The molecule has 1 aromatic heterocycles. The monoisotopic (exact) mass is 369 g/mol. The Kier molecular flexibility index (Phi) is 4.84. The number of nitrogens with zero attached hydrogens (tertiary/aromatic N) is 1. The lowest BCUT2D eigenvalue weighted by Crippen LogP contribution is -2.13. The van der Waals surface area contributed by atoms with Gasteiger partial charge >= 0.3 is 0 Å². The van der Waals surface area contributed by atoms with E-state index >= 15 is 0 Å². The molecule has 112 valence electrons. The standard InChI is InChI=1S/C14H16BrN3O2S/c1-3-16-14-5-4-13(9-17-14)21(19,20)18-12-7-10(2)6-11(15)8-12/h4-9,18H,3H2,1-2H3,(H,16,17). The third kappa shape index (κ3) is 4.18. The topological polar surface area (TPSA) is 71.1 Å². The molecule has 2 rings (SSSR count). The number of pyridine rings is 1. The van der Waals surface area contributed by atoms with Gasteiger partial charge in [0.1, 0.15) is 10.7 Å². The third-order valence-corrected chi connectivity index (χ3v) is 4.52. The maximum absolute atomic E-state index is 12.3. The van der Waals surface area contributed by atoms with Crippen LogP contribution in [0.4, 0.5) is 11.5 Å². The molecule has 0 aliphatic carbocycles. The fraction of sp³-hybridized carbons (Fsp3) is 0.214. The fourth-order valence-corrected chi connectivity index (χ4v) is 3.43. The third-order valence-electron chi connectivity index (χ3n) is 2.70. The highest BCUT2D eigenvalue weighted by molar-refractivity contribution is 9.10. The van der Waals surface area contributed by atoms with Crippen LogP contribution in [0.5, 0.6) is 0 Å². The minimum absolute atomic E-state index is 0.127. The molecule has 1 heterocycles. The Morgan fingerprint density at radius 2 is 2.00 bits per heavy atom. The first kappa shape index (κ1) is 15.8. The summed E-state index contributed by atoms with van der Waals surface area (Å²) < 4.78 is 28.0. The first-order valence-electron chi connectivity index (χ1n) is 6.40. The summed E-state index contributed by atoms with van der Waals surface area (Å²) in [5, 5.41) is 3.02.